The summed E-state index contributed by atoms with van der Waals surface area (Å²) < 4.78 is 20.0. The summed E-state index contributed by atoms with van der Waals surface area (Å²) in [4.78, 5) is 59.2. The Balaban J connectivity index is 1.24. The standard InChI is InChI=1S/C44H74N20O5/c1-6-24-67-26-28-69-29-27-68-25-15-51-42-52-43(61-20-16-59(17-21-61)38(65)36(32(4)7-2)63-30-34(55-57-63)11-9-13-49-40(45)46)54-44(53-42)62-22-18-60(19-23-62)39(66)37(33(5)8-3)64-31-35(56-58-64)12-10-14-50-41(47)48/h1,30-33,36-37H,7-29H2,2-5H3,(H4,45,46,49)(H4,47,48,50)(H,51,52,53,54)/t32-,33-,36-,37-/m0/s1. The number of aliphatic imine (C=N–C) groups is 2. The Morgan fingerprint density at radius 3 is 1.54 bits per heavy atom. The summed E-state index contributed by atoms with van der Waals surface area (Å²) in [5, 5.41) is 20.8. The molecule has 0 unspecified atom stereocenters. The first-order chi connectivity index (χ1) is 33.4. The van der Waals surface area contributed by atoms with Crippen molar-refractivity contribution in [1.82, 2.24) is 54.7 Å². The molecule has 2 fully saturated rings. The minimum absolute atomic E-state index is 0.00552. The number of nitrogens with two attached hydrogens (primary N) is 4. The Labute approximate surface area is 405 Å². The van der Waals surface area contributed by atoms with Gasteiger partial charge in [-0.2, -0.15) is 15.0 Å². The van der Waals surface area contributed by atoms with E-state index in [0.717, 1.165) is 24.2 Å². The number of hydrogen-bond acceptors (Lipinski definition) is 17. The molecule has 25 nitrogen and oxygen atoms in total. The number of nitrogens with one attached hydrogen (secondary N) is 1. The van der Waals surface area contributed by atoms with Crippen LogP contribution in [0.1, 0.15) is 76.8 Å². The van der Waals surface area contributed by atoms with E-state index in [4.69, 9.17) is 58.5 Å². The number of amides is 2. The van der Waals surface area contributed by atoms with Gasteiger partial charge in [-0.1, -0.05) is 56.9 Å². The van der Waals surface area contributed by atoms with Gasteiger partial charge in [0.25, 0.3) is 0 Å². The molecule has 0 radical (unpaired) electrons. The highest BCUT2D eigenvalue weighted by Gasteiger charge is 2.36. The van der Waals surface area contributed by atoms with E-state index in [1.807, 2.05) is 22.2 Å². The molecule has 0 saturated carbocycles. The van der Waals surface area contributed by atoms with Crippen LogP contribution in [-0.2, 0) is 36.6 Å². The summed E-state index contributed by atoms with van der Waals surface area (Å²) in [7, 11) is 0. The van der Waals surface area contributed by atoms with Crippen molar-refractivity contribution in [2.75, 3.05) is 127 Å². The van der Waals surface area contributed by atoms with Gasteiger partial charge in [0.15, 0.2) is 11.9 Å². The Hall–Kier alpha value is -6.39. The molecular formula is C44H74N20O5. The third kappa shape index (κ3) is 16.7. The number of guanidine groups is 2. The molecule has 4 atom stereocenters. The summed E-state index contributed by atoms with van der Waals surface area (Å²) in [5.74, 6) is 3.94. The molecule has 9 N–H and O–H groups in total. The van der Waals surface area contributed by atoms with Crippen LogP contribution >= 0.6 is 0 Å². The van der Waals surface area contributed by atoms with Gasteiger partial charge in [0.05, 0.1) is 44.4 Å². The van der Waals surface area contributed by atoms with Crippen LogP contribution in [0.4, 0.5) is 17.8 Å². The lowest BCUT2D eigenvalue weighted by Crippen LogP contribution is -2.52. The van der Waals surface area contributed by atoms with Crippen molar-refractivity contribution in [3.05, 3.63) is 23.8 Å². The van der Waals surface area contributed by atoms with Gasteiger partial charge in [0.2, 0.25) is 29.7 Å². The molecule has 3 aromatic heterocycles. The third-order valence-corrected chi connectivity index (χ3v) is 12.1. The molecule has 3 aromatic rings. The lowest BCUT2D eigenvalue weighted by atomic mass is 9.97. The molecular weight excluding hydrogens is 889 g/mol. The molecule has 0 aromatic carbocycles. The van der Waals surface area contributed by atoms with Crippen LogP contribution in [-0.4, -0.2) is 190 Å². The Morgan fingerprint density at radius 1 is 0.681 bits per heavy atom. The van der Waals surface area contributed by atoms with Crippen molar-refractivity contribution in [1.29, 1.82) is 0 Å². The van der Waals surface area contributed by atoms with Crippen molar-refractivity contribution in [3.63, 3.8) is 0 Å². The van der Waals surface area contributed by atoms with Crippen molar-refractivity contribution >= 4 is 41.6 Å². The highest BCUT2D eigenvalue weighted by molar-refractivity contribution is 5.81. The molecule has 5 heterocycles. The number of carbonyl (C=O) groups is 2. The van der Waals surface area contributed by atoms with Crippen LogP contribution < -0.4 is 38.1 Å². The fraction of sp³-hybridized carbons (Fsp3) is 0.705. The summed E-state index contributed by atoms with van der Waals surface area (Å²) in [6.07, 6.45) is 13.2. The first-order valence-electron chi connectivity index (χ1n) is 24.1. The zero-order valence-electron chi connectivity index (χ0n) is 40.9. The molecule has 2 saturated heterocycles. The molecule has 0 bridgehead atoms. The first-order valence-corrected chi connectivity index (χ1v) is 24.1. The second-order valence-electron chi connectivity index (χ2n) is 17.2. The van der Waals surface area contributed by atoms with Crippen molar-refractivity contribution in [2.45, 2.75) is 78.3 Å². The number of anilines is 3. The van der Waals surface area contributed by atoms with E-state index >= 15 is 0 Å². The Morgan fingerprint density at radius 2 is 1.12 bits per heavy atom. The number of hydrogen-bond donors (Lipinski definition) is 5. The van der Waals surface area contributed by atoms with E-state index in [-0.39, 0.29) is 42.2 Å². The Bertz CT molecular complexity index is 1990. The van der Waals surface area contributed by atoms with E-state index in [1.165, 1.54) is 0 Å². The Kier molecular flexibility index (Phi) is 21.9. The van der Waals surface area contributed by atoms with Gasteiger partial charge < -0.3 is 62.1 Å². The van der Waals surface area contributed by atoms with Crippen molar-refractivity contribution < 1.29 is 23.8 Å². The number of nitrogens with zero attached hydrogens (tertiary/aromatic N) is 15. The number of aromatic nitrogens is 9. The summed E-state index contributed by atoms with van der Waals surface area (Å²) in [6.45, 7) is 15.9. The molecule has 380 valence electrons. The third-order valence-electron chi connectivity index (χ3n) is 12.1. The zero-order chi connectivity index (χ0) is 49.5. The molecule has 0 spiro atoms. The first kappa shape index (κ1) is 53.6. The van der Waals surface area contributed by atoms with Gasteiger partial charge in [0.1, 0.15) is 18.7 Å². The molecule has 2 aliphatic rings. The number of ether oxygens (including phenoxy) is 3. The summed E-state index contributed by atoms with van der Waals surface area (Å²) in [6, 6.07) is -1.01. The van der Waals surface area contributed by atoms with E-state index in [9.17, 15) is 9.59 Å². The van der Waals surface area contributed by atoms with Gasteiger partial charge in [0, 0.05) is 84.4 Å². The molecule has 5 rings (SSSR count). The maximum absolute atomic E-state index is 14.2. The van der Waals surface area contributed by atoms with Gasteiger partial charge in [-0.3, -0.25) is 19.6 Å². The number of rotatable bonds is 29. The lowest BCUT2D eigenvalue weighted by Gasteiger charge is -2.38. The SMILES string of the molecule is C#CCOCCOCCOCCNc1nc(N2CCN(C(=O)[C@H]([C@@H](C)CC)n3cc(CCCN=C(N)N)nn3)CC2)nc(N2CCN(C(=O)[C@H]([C@@H](C)CC)n3cc(CCCN=C(N)N)nn3)CC2)n1. The average molecular weight is 963 g/mol. The topological polar surface area (TPSA) is 316 Å². The van der Waals surface area contributed by atoms with Crippen LogP contribution in [0.5, 0.6) is 0 Å². The second-order valence-corrected chi connectivity index (χ2v) is 17.2. The van der Waals surface area contributed by atoms with Crippen LogP contribution in [0.25, 0.3) is 0 Å². The van der Waals surface area contributed by atoms with Crippen LogP contribution in [0.15, 0.2) is 22.4 Å². The normalized spacial score (nSPS) is 15.8. The minimum Gasteiger partial charge on any atom is -0.377 e. The maximum atomic E-state index is 14.2. The number of carbonyl (C=O) groups excluding carboxylic acids is 2. The molecule has 2 aliphatic heterocycles. The second kappa shape index (κ2) is 28.2. The molecule has 69 heavy (non-hydrogen) atoms. The quantitative estimate of drug-likeness (QED) is 0.0252. The van der Waals surface area contributed by atoms with E-state index in [0.29, 0.717) is 149 Å². The van der Waals surface area contributed by atoms with Gasteiger partial charge in [-0.25, -0.2) is 9.36 Å². The maximum Gasteiger partial charge on any atom is 0.247 e. The summed E-state index contributed by atoms with van der Waals surface area (Å²) >= 11 is 0. The number of piperazine rings is 2. The van der Waals surface area contributed by atoms with E-state index < -0.39 is 12.1 Å². The predicted molar refractivity (Wildman–Crippen MR) is 262 cm³/mol. The molecule has 2 amide bonds. The van der Waals surface area contributed by atoms with Crippen molar-refractivity contribution in [3.8, 4) is 12.3 Å². The van der Waals surface area contributed by atoms with Gasteiger partial charge >= 0.3 is 0 Å². The van der Waals surface area contributed by atoms with Crippen molar-refractivity contribution in [2.24, 2.45) is 44.8 Å². The highest BCUT2D eigenvalue weighted by atomic mass is 16.5. The highest BCUT2D eigenvalue weighted by Crippen LogP contribution is 2.27. The van der Waals surface area contributed by atoms with E-state index in [2.05, 4.69) is 79.3 Å². The average Bonchev–Trinajstić information content (AvgIpc) is 4.03. The largest absolute Gasteiger partial charge is 0.377 e. The fourth-order valence-electron chi connectivity index (χ4n) is 7.90. The van der Waals surface area contributed by atoms with Crippen LogP contribution in [0.3, 0.4) is 0 Å². The lowest BCUT2D eigenvalue weighted by molar-refractivity contribution is -0.137. The van der Waals surface area contributed by atoms with Crippen LogP contribution in [0, 0.1) is 24.2 Å². The molecule has 0 aliphatic carbocycles. The fourth-order valence-corrected chi connectivity index (χ4v) is 7.90. The van der Waals surface area contributed by atoms with E-state index in [1.54, 1.807) is 9.36 Å². The summed E-state index contributed by atoms with van der Waals surface area (Å²) in [5.41, 5.74) is 23.4. The predicted octanol–water partition coefficient (Wildman–Crippen LogP) is -0.567. The van der Waals surface area contributed by atoms with Crippen LogP contribution in [0.2, 0.25) is 0 Å². The number of terminal acetylenes is 1. The zero-order valence-corrected chi connectivity index (χ0v) is 40.9. The van der Waals surface area contributed by atoms with Gasteiger partial charge in [-0.05, 0) is 37.5 Å². The number of aryl methyl sites for hydroxylation is 2. The smallest absolute Gasteiger partial charge is 0.247 e. The molecule has 25 heteroatoms. The minimum atomic E-state index is -0.505. The monoisotopic (exact) mass is 963 g/mol. The van der Waals surface area contributed by atoms with Gasteiger partial charge in [-0.15, -0.1) is 16.6 Å².